The molecule has 0 radical (unpaired) electrons. The molecule has 0 bridgehead atoms. The second-order valence-electron chi connectivity index (χ2n) is 5.05. The van der Waals surface area contributed by atoms with E-state index >= 15 is 0 Å². The summed E-state index contributed by atoms with van der Waals surface area (Å²) in [4.78, 5) is 12.8. The van der Waals surface area contributed by atoms with E-state index in [1.165, 1.54) is 6.42 Å². The highest BCUT2D eigenvalue weighted by Crippen LogP contribution is 2.34. The quantitative estimate of drug-likeness (QED) is 0.485. The van der Waals surface area contributed by atoms with Crippen molar-refractivity contribution < 1.29 is 4.92 Å². The number of anilines is 1. The van der Waals surface area contributed by atoms with Gasteiger partial charge in [-0.3, -0.25) is 10.1 Å². The fourth-order valence-corrected chi connectivity index (χ4v) is 3.16. The van der Waals surface area contributed by atoms with E-state index in [1.807, 2.05) is 6.07 Å². The number of nitrogens with zero attached hydrogens (tertiary/aromatic N) is 2. The second-order valence-corrected chi connectivity index (χ2v) is 5.61. The summed E-state index contributed by atoms with van der Waals surface area (Å²) in [5.41, 5.74) is 2.27. The molecule has 0 spiro atoms. The summed E-state index contributed by atoms with van der Waals surface area (Å²) in [6, 6.07) is 5.64. The normalized spacial score (nSPS) is 23.4. The van der Waals surface area contributed by atoms with Crippen LogP contribution < -0.4 is 4.90 Å². The Labute approximate surface area is 115 Å². The first-order valence-corrected chi connectivity index (χ1v) is 7.25. The summed E-state index contributed by atoms with van der Waals surface area (Å²) >= 11 is 3.42. The predicted molar refractivity (Wildman–Crippen MR) is 76.3 cm³/mol. The van der Waals surface area contributed by atoms with Crippen molar-refractivity contribution in [3.63, 3.8) is 0 Å². The lowest BCUT2D eigenvalue weighted by molar-refractivity contribution is -0.384. The molecular weight excluding hydrogens is 296 g/mol. The molecule has 0 N–H and O–H groups in total. The number of nitro benzene ring substituents is 1. The maximum absolute atomic E-state index is 10.8. The van der Waals surface area contributed by atoms with Crippen LogP contribution in [0.5, 0.6) is 0 Å². The van der Waals surface area contributed by atoms with Gasteiger partial charge >= 0.3 is 0 Å². The maximum Gasteiger partial charge on any atom is 0.269 e. The van der Waals surface area contributed by atoms with E-state index in [-0.39, 0.29) is 10.6 Å². The molecule has 4 nitrogen and oxygen atoms in total. The smallest absolute Gasteiger partial charge is 0.269 e. The molecule has 18 heavy (non-hydrogen) atoms. The Hall–Kier alpha value is -1.10. The van der Waals surface area contributed by atoms with Gasteiger partial charge in [-0.1, -0.05) is 22.9 Å². The zero-order chi connectivity index (χ0) is 13.3. The van der Waals surface area contributed by atoms with E-state index < -0.39 is 0 Å². The lowest BCUT2D eigenvalue weighted by Crippen LogP contribution is -2.27. The van der Waals surface area contributed by atoms with Crippen LogP contribution in [0.3, 0.4) is 0 Å². The fraction of sp³-hybridized carbons (Fsp3) is 0.538. The summed E-state index contributed by atoms with van der Waals surface area (Å²) < 4.78 is 0. The molecule has 0 amide bonds. The summed E-state index contributed by atoms with van der Waals surface area (Å²) in [5.74, 6) is 0.679. The largest absolute Gasteiger partial charge is 0.368 e. The Balaban J connectivity index is 2.36. The molecule has 1 aliphatic heterocycles. The molecule has 1 aromatic carbocycles. The monoisotopic (exact) mass is 312 g/mol. The summed E-state index contributed by atoms with van der Waals surface area (Å²) in [6.07, 6.45) is 1.18. The van der Waals surface area contributed by atoms with Gasteiger partial charge in [-0.05, 0) is 30.9 Å². The zero-order valence-corrected chi connectivity index (χ0v) is 12.2. The van der Waals surface area contributed by atoms with Gasteiger partial charge in [-0.2, -0.15) is 0 Å². The molecule has 2 rings (SSSR count). The standard InChI is InChI=1S/C13H17BrN2O2/c1-9-5-10(2)15(8-9)13-4-3-12(16(17)18)6-11(13)7-14/h3-4,6,9-10H,5,7-8H2,1-2H3. The van der Waals surface area contributed by atoms with Gasteiger partial charge in [-0.25, -0.2) is 0 Å². The number of alkyl halides is 1. The highest BCUT2D eigenvalue weighted by Gasteiger charge is 2.28. The van der Waals surface area contributed by atoms with Gasteiger partial charge in [0.25, 0.3) is 5.69 Å². The van der Waals surface area contributed by atoms with E-state index in [1.54, 1.807) is 12.1 Å². The molecule has 0 aromatic heterocycles. The number of nitro groups is 1. The summed E-state index contributed by atoms with van der Waals surface area (Å²) in [6.45, 7) is 5.48. The van der Waals surface area contributed by atoms with Gasteiger partial charge in [0.05, 0.1) is 4.92 Å². The molecule has 0 aliphatic carbocycles. The molecular formula is C13H17BrN2O2. The molecule has 1 aromatic rings. The summed E-state index contributed by atoms with van der Waals surface area (Å²) in [7, 11) is 0. The van der Waals surface area contributed by atoms with Crippen molar-refractivity contribution in [3.05, 3.63) is 33.9 Å². The van der Waals surface area contributed by atoms with Crippen molar-refractivity contribution in [2.75, 3.05) is 11.4 Å². The van der Waals surface area contributed by atoms with Crippen LogP contribution in [-0.2, 0) is 5.33 Å². The van der Waals surface area contributed by atoms with Crippen LogP contribution in [0.1, 0.15) is 25.8 Å². The van der Waals surface area contributed by atoms with Crippen LogP contribution >= 0.6 is 15.9 Å². The Morgan fingerprint density at radius 3 is 2.72 bits per heavy atom. The topological polar surface area (TPSA) is 46.4 Å². The molecule has 1 aliphatic rings. The van der Waals surface area contributed by atoms with E-state index in [0.717, 1.165) is 17.8 Å². The first-order chi connectivity index (χ1) is 8.52. The SMILES string of the molecule is CC1CC(C)N(c2ccc([N+](=O)[O-])cc2CBr)C1. The lowest BCUT2D eigenvalue weighted by atomic mass is 10.1. The number of hydrogen-bond donors (Lipinski definition) is 0. The Bertz CT molecular complexity index is 464. The highest BCUT2D eigenvalue weighted by molar-refractivity contribution is 9.08. The van der Waals surface area contributed by atoms with Crippen LogP contribution in [0, 0.1) is 16.0 Å². The Kier molecular flexibility index (Phi) is 3.90. The van der Waals surface area contributed by atoms with Gasteiger partial charge in [0, 0.05) is 35.7 Å². The fourth-order valence-electron chi connectivity index (χ4n) is 2.71. The molecule has 98 valence electrons. The average molecular weight is 313 g/mol. The first kappa shape index (κ1) is 13.3. The molecule has 2 unspecified atom stereocenters. The molecule has 1 heterocycles. The lowest BCUT2D eigenvalue weighted by Gasteiger charge is -2.26. The van der Waals surface area contributed by atoms with Crippen molar-refractivity contribution in [2.45, 2.75) is 31.6 Å². The van der Waals surface area contributed by atoms with Crippen molar-refractivity contribution >= 4 is 27.3 Å². The second kappa shape index (κ2) is 5.26. The first-order valence-electron chi connectivity index (χ1n) is 6.13. The molecule has 5 heteroatoms. The molecule has 2 atom stereocenters. The van der Waals surface area contributed by atoms with Crippen molar-refractivity contribution in [1.29, 1.82) is 0 Å². The Morgan fingerprint density at radius 1 is 1.50 bits per heavy atom. The van der Waals surface area contributed by atoms with E-state index in [9.17, 15) is 10.1 Å². The maximum atomic E-state index is 10.8. The number of benzene rings is 1. The number of rotatable bonds is 3. The minimum atomic E-state index is -0.341. The Morgan fingerprint density at radius 2 is 2.22 bits per heavy atom. The minimum Gasteiger partial charge on any atom is -0.368 e. The highest BCUT2D eigenvalue weighted by atomic mass is 79.9. The third-order valence-corrected chi connectivity index (χ3v) is 4.12. The van der Waals surface area contributed by atoms with Crippen molar-refractivity contribution in [3.8, 4) is 0 Å². The van der Waals surface area contributed by atoms with Gasteiger partial charge in [0.15, 0.2) is 0 Å². The molecule has 0 saturated carbocycles. The van der Waals surface area contributed by atoms with Crippen LogP contribution in [0.15, 0.2) is 18.2 Å². The van der Waals surface area contributed by atoms with Crippen molar-refractivity contribution in [1.82, 2.24) is 0 Å². The van der Waals surface area contributed by atoms with Gasteiger partial charge in [-0.15, -0.1) is 0 Å². The number of hydrogen-bond acceptors (Lipinski definition) is 3. The van der Waals surface area contributed by atoms with E-state index in [4.69, 9.17) is 0 Å². The van der Waals surface area contributed by atoms with Crippen LogP contribution in [0.2, 0.25) is 0 Å². The van der Waals surface area contributed by atoms with E-state index in [2.05, 4.69) is 34.7 Å². The summed E-state index contributed by atoms with van der Waals surface area (Å²) in [5, 5.41) is 11.4. The third-order valence-electron chi connectivity index (χ3n) is 3.51. The number of halogens is 1. The molecule has 1 fully saturated rings. The van der Waals surface area contributed by atoms with Gasteiger partial charge in [0.2, 0.25) is 0 Å². The zero-order valence-electron chi connectivity index (χ0n) is 10.6. The van der Waals surface area contributed by atoms with Gasteiger partial charge < -0.3 is 4.90 Å². The van der Waals surface area contributed by atoms with Crippen LogP contribution in [0.25, 0.3) is 0 Å². The predicted octanol–water partition coefficient (Wildman–Crippen LogP) is 3.72. The average Bonchev–Trinajstić information content (AvgIpc) is 2.67. The van der Waals surface area contributed by atoms with E-state index in [0.29, 0.717) is 17.3 Å². The number of non-ortho nitro benzene ring substituents is 1. The third kappa shape index (κ3) is 2.51. The van der Waals surface area contributed by atoms with Gasteiger partial charge in [0.1, 0.15) is 0 Å². The van der Waals surface area contributed by atoms with Crippen molar-refractivity contribution in [2.24, 2.45) is 5.92 Å². The minimum absolute atomic E-state index is 0.160. The van der Waals surface area contributed by atoms with Crippen LogP contribution in [0.4, 0.5) is 11.4 Å². The van der Waals surface area contributed by atoms with Crippen LogP contribution in [-0.4, -0.2) is 17.5 Å². The molecule has 1 saturated heterocycles.